The molecule has 1 aromatic rings. The van der Waals surface area contributed by atoms with Gasteiger partial charge >= 0.3 is 0 Å². The number of nitrogens with two attached hydrogens (primary N) is 1. The van der Waals surface area contributed by atoms with Crippen LogP contribution in [0.25, 0.3) is 0 Å². The Morgan fingerprint density at radius 2 is 1.95 bits per heavy atom. The van der Waals surface area contributed by atoms with Crippen molar-refractivity contribution in [2.75, 3.05) is 5.32 Å². The molecule has 5 nitrogen and oxygen atoms in total. The third-order valence-electron chi connectivity index (χ3n) is 2.23. The third kappa shape index (κ3) is 4.96. The van der Waals surface area contributed by atoms with Crippen molar-refractivity contribution in [3.05, 3.63) is 24.0 Å². The lowest BCUT2D eigenvalue weighted by molar-refractivity contribution is -0.117. The molecule has 1 amide bonds. The van der Waals surface area contributed by atoms with Gasteiger partial charge < -0.3 is 5.32 Å². The van der Waals surface area contributed by atoms with Crippen LogP contribution in [0.5, 0.6) is 0 Å². The van der Waals surface area contributed by atoms with Crippen molar-refractivity contribution < 1.29 is 17.6 Å². The fourth-order valence-corrected chi connectivity index (χ4v) is 1.98. The van der Waals surface area contributed by atoms with E-state index >= 15 is 0 Å². The summed E-state index contributed by atoms with van der Waals surface area (Å²) in [5, 5.41) is 7.27. The summed E-state index contributed by atoms with van der Waals surface area (Å²) in [6, 6.07) is 3.10. The molecule has 0 bridgehead atoms. The van der Waals surface area contributed by atoms with Crippen molar-refractivity contribution in [2.24, 2.45) is 10.6 Å². The van der Waals surface area contributed by atoms with Crippen LogP contribution in [0.4, 0.5) is 10.1 Å². The van der Waals surface area contributed by atoms with Gasteiger partial charge in [-0.25, -0.2) is 17.9 Å². The van der Waals surface area contributed by atoms with Gasteiger partial charge in [0.15, 0.2) is 0 Å². The molecule has 1 aromatic carbocycles. The zero-order valence-corrected chi connectivity index (χ0v) is 11.8. The number of anilines is 1. The van der Waals surface area contributed by atoms with Crippen molar-refractivity contribution in [3.63, 3.8) is 0 Å². The fraction of sp³-hybridized carbons (Fsp3) is 0.417. The number of carbonyl (C=O) groups excluding carboxylic acids is 1. The summed E-state index contributed by atoms with van der Waals surface area (Å²) in [6.07, 6.45) is 0.226. The summed E-state index contributed by atoms with van der Waals surface area (Å²) < 4.78 is 35.7. The Hall–Kier alpha value is -1.47. The number of hydrogen-bond acceptors (Lipinski definition) is 3. The summed E-state index contributed by atoms with van der Waals surface area (Å²) in [7, 11) is -3.95. The number of nitrogens with one attached hydrogen (secondary N) is 1. The van der Waals surface area contributed by atoms with Gasteiger partial charge in [0.2, 0.25) is 15.9 Å². The molecule has 0 spiro atoms. The minimum Gasteiger partial charge on any atom is -0.324 e. The molecule has 0 heterocycles. The average Bonchev–Trinajstić information content (AvgIpc) is 2.16. The molecule has 1 rings (SSSR count). The van der Waals surface area contributed by atoms with E-state index in [1.54, 1.807) is 0 Å². The maximum atomic E-state index is 13.6. The van der Waals surface area contributed by atoms with Gasteiger partial charge in [-0.3, -0.25) is 4.79 Å². The quantitative estimate of drug-likeness (QED) is 0.889. The van der Waals surface area contributed by atoms with Gasteiger partial charge in [-0.2, -0.15) is 0 Å². The van der Waals surface area contributed by atoms with Crippen molar-refractivity contribution in [1.29, 1.82) is 0 Å². The molecule has 3 N–H and O–H groups in total. The molecule has 0 saturated carbocycles. The molecule has 0 unspecified atom stereocenters. The van der Waals surface area contributed by atoms with E-state index in [-0.39, 0.29) is 28.3 Å². The van der Waals surface area contributed by atoms with E-state index in [2.05, 4.69) is 5.32 Å². The van der Waals surface area contributed by atoms with Gasteiger partial charge in [0.1, 0.15) is 5.82 Å². The highest BCUT2D eigenvalue weighted by atomic mass is 32.2. The summed E-state index contributed by atoms with van der Waals surface area (Å²) in [4.78, 5) is 11.3. The summed E-state index contributed by atoms with van der Waals surface area (Å²) in [5.74, 6) is -1.18. The number of primary sulfonamides is 1. The molecule has 0 fully saturated rings. The molecular formula is C12H17FN2O3S. The van der Waals surface area contributed by atoms with Crippen molar-refractivity contribution in [3.8, 4) is 0 Å². The fourth-order valence-electron chi connectivity index (χ4n) is 1.45. The van der Waals surface area contributed by atoms with Crippen LogP contribution >= 0.6 is 0 Å². The minimum atomic E-state index is -3.95. The van der Waals surface area contributed by atoms with E-state index in [1.807, 2.05) is 20.8 Å². The molecule has 19 heavy (non-hydrogen) atoms. The van der Waals surface area contributed by atoms with E-state index < -0.39 is 15.8 Å². The summed E-state index contributed by atoms with van der Waals surface area (Å²) >= 11 is 0. The maximum absolute atomic E-state index is 13.6. The Bertz CT molecular complexity index is 591. The largest absolute Gasteiger partial charge is 0.324 e. The molecule has 0 aliphatic carbocycles. The zero-order chi connectivity index (χ0) is 14.8. The van der Waals surface area contributed by atoms with Crippen LogP contribution in [0.2, 0.25) is 0 Å². The van der Waals surface area contributed by atoms with E-state index in [0.717, 1.165) is 12.1 Å². The number of hydrogen-bond donors (Lipinski definition) is 2. The number of rotatable bonds is 3. The van der Waals surface area contributed by atoms with Crippen LogP contribution in [0, 0.1) is 11.2 Å². The minimum absolute atomic E-state index is 0.0679. The molecule has 0 aliphatic heterocycles. The normalized spacial score (nSPS) is 12.3. The molecule has 0 atom stereocenters. The van der Waals surface area contributed by atoms with E-state index in [1.165, 1.54) is 6.07 Å². The van der Waals surface area contributed by atoms with Crippen LogP contribution in [-0.2, 0) is 14.8 Å². The lowest BCUT2D eigenvalue weighted by atomic mass is 9.92. The number of halogens is 1. The molecule has 0 aliphatic rings. The number of sulfonamides is 1. The maximum Gasteiger partial charge on any atom is 0.238 e. The van der Waals surface area contributed by atoms with Gasteiger partial charge in [0, 0.05) is 6.42 Å². The molecule has 0 saturated heterocycles. The number of benzene rings is 1. The molecule has 106 valence electrons. The van der Waals surface area contributed by atoms with Crippen molar-refractivity contribution in [2.45, 2.75) is 32.1 Å². The van der Waals surface area contributed by atoms with Gasteiger partial charge in [-0.1, -0.05) is 20.8 Å². The van der Waals surface area contributed by atoms with E-state index in [4.69, 9.17) is 5.14 Å². The van der Waals surface area contributed by atoms with Crippen molar-refractivity contribution >= 4 is 21.6 Å². The smallest absolute Gasteiger partial charge is 0.238 e. The highest BCUT2D eigenvalue weighted by Gasteiger charge is 2.18. The number of amides is 1. The first-order valence-corrected chi connectivity index (χ1v) is 7.16. The Morgan fingerprint density at radius 1 is 1.37 bits per heavy atom. The first kappa shape index (κ1) is 15.6. The second kappa shape index (κ2) is 5.26. The molecule has 0 radical (unpaired) electrons. The van der Waals surface area contributed by atoms with Gasteiger partial charge in [0.05, 0.1) is 10.6 Å². The predicted molar refractivity (Wildman–Crippen MR) is 70.5 cm³/mol. The summed E-state index contributed by atoms with van der Waals surface area (Å²) in [6.45, 7) is 5.65. The number of carbonyl (C=O) groups is 1. The van der Waals surface area contributed by atoms with Gasteiger partial charge in [-0.05, 0) is 23.6 Å². The van der Waals surface area contributed by atoms with E-state index in [0.29, 0.717) is 0 Å². The first-order chi connectivity index (χ1) is 8.49. The van der Waals surface area contributed by atoms with Gasteiger partial charge in [-0.15, -0.1) is 0 Å². The molecule has 7 heteroatoms. The third-order valence-corrected chi connectivity index (χ3v) is 3.15. The Morgan fingerprint density at radius 3 is 2.37 bits per heavy atom. The second-order valence-electron chi connectivity index (χ2n) is 5.47. The molecular weight excluding hydrogens is 271 g/mol. The first-order valence-electron chi connectivity index (χ1n) is 5.61. The van der Waals surface area contributed by atoms with Crippen LogP contribution in [0.15, 0.2) is 23.1 Å². The van der Waals surface area contributed by atoms with E-state index in [9.17, 15) is 17.6 Å². The monoisotopic (exact) mass is 288 g/mol. The molecule has 0 aromatic heterocycles. The Kier molecular flexibility index (Phi) is 4.32. The van der Waals surface area contributed by atoms with Crippen LogP contribution in [0.3, 0.4) is 0 Å². The van der Waals surface area contributed by atoms with Crippen LogP contribution in [0.1, 0.15) is 27.2 Å². The topological polar surface area (TPSA) is 89.3 Å². The highest BCUT2D eigenvalue weighted by Crippen LogP contribution is 2.22. The Labute approximate surface area is 112 Å². The summed E-state index contributed by atoms with van der Waals surface area (Å²) in [5.41, 5.74) is -0.289. The van der Waals surface area contributed by atoms with Crippen LogP contribution < -0.4 is 10.5 Å². The van der Waals surface area contributed by atoms with Crippen LogP contribution in [-0.4, -0.2) is 14.3 Å². The predicted octanol–water partition coefficient (Wildman–Crippen LogP) is 1.85. The highest BCUT2D eigenvalue weighted by molar-refractivity contribution is 7.89. The zero-order valence-electron chi connectivity index (χ0n) is 11.0. The SMILES string of the molecule is CC(C)(C)CC(=O)Nc1ccc(S(N)(=O)=O)cc1F. The van der Waals surface area contributed by atoms with Crippen molar-refractivity contribution in [1.82, 2.24) is 0 Å². The van der Waals surface area contributed by atoms with Gasteiger partial charge in [0.25, 0.3) is 0 Å². The lowest BCUT2D eigenvalue weighted by Gasteiger charge is -2.17. The Balaban J connectivity index is 2.90. The average molecular weight is 288 g/mol. The lowest BCUT2D eigenvalue weighted by Crippen LogP contribution is -2.20. The standard InChI is InChI=1S/C12H17FN2O3S/c1-12(2,3)7-11(16)15-10-5-4-8(6-9(10)13)19(14,17)18/h4-6H,7H2,1-3H3,(H,15,16)(H2,14,17,18). The second-order valence-corrected chi connectivity index (χ2v) is 7.03.